The van der Waals surface area contributed by atoms with Crippen LogP contribution in [0.3, 0.4) is 0 Å². The second kappa shape index (κ2) is 10.5. The molecule has 4 nitrogen and oxygen atoms in total. The number of fused-ring (bicyclic) bond motifs is 1. The number of anilines is 2. The van der Waals surface area contributed by atoms with Crippen molar-refractivity contribution in [1.82, 2.24) is 5.32 Å². The lowest BCUT2D eigenvalue weighted by molar-refractivity contribution is 0.0358. The molecule has 1 amide bonds. The van der Waals surface area contributed by atoms with Crippen LogP contribution in [-0.4, -0.2) is 19.1 Å². The molecule has 2 N–H and O–H groups in total. The van der Waals surface area contributed by atoms with Gasteiger partial charge < -0.3 is 15.4 Å². The van der Waals surface area contributed by atoms with Crippen molar-refractivity contribution < 1.29 is 9.53 Å². The third-order valence-corrected chi connectivity index (χ3v) is 8.30. The zero-order valence-corrected chi connectivity index (χ0v) is 22.1. The number of thiophene rings is 1. The summed E-state index contributed by atoms with van der Waals surface area (Å²) in [5.74, 6) is -0.0121. The maximum Gasteiger partial charge on any atom is 0.252 e. The van der Waals surface area contributed by atoms with Gasteiger partial charge in [0.05, 0.1) is 5.54 Å². The Morgan fingerprint density at radius 3 is 2.42 bits per heavy atom. The summed E-state index contributed by atoms with van der Waals surface area (Å²) in [5, 5.41) is 8.24. The zero-order valence-electron chi connectivity index (χ0n) is 21.3. The lowest BCUT2D eigenvalue weighted by Crippen LogP contribution is -2.49. The number of carbonyl (C=O) groups is 1. The van der Waals surface area contributed by atoms with Gasteiger partial charge in [-0.1, -0.05) is 43.7 Å². The third-order valence-electron chi connectivity index (χ3n) is 6.98. The molecule has 0 atom stereocenters. The first-order chi connectivity index (χ1) is 17.5. The molecule has 4 aromatic rings. The molecule has 1 fully saturated rings. The molecule has 2 heterocycles. The van der Waals surface area contributed by atoms with Gasteiger partial charge in [0, 0.05) is 39.7 Å². The highest BCUT2D eigenvalue weighted by Crippen LogP contribution is 2.40. The first-order valence-electron chi connectivity index (χ1n) is 12.8. The summed E-state index contributed by atoms with van der Waals surface area (Å²) in [5.41, 5.74) is 5.80. The van der Waals surface area contributed by atoms with Crippen LogP contribution >= 0.6 is 11.3 Å². The molecule has 0 saturated carbocycles. The number of carbonyl (C=O) groups excluding carboxylic acids is 1. The van der Waals surface area contributed by atoms with Gasteiger partial charge in [0.2, 0.25) is 0 Å². The fourth-order valence-corrected chi connectivity index (χ4v) is 6.49. The summed E-state index contributed by atoms with van der Waals surface area (Å²) in [7, 11) is 0. The summed E-state index contributed by atoms with van der Waals surface area (Å²) >= 11 is 1.78. The highest BCUT2D eigenvalue weighted by molar-refractivity contribution is 7.19. The number of nitrogens with one attached hydrogen (secondary N) is 2. The van der Waals surface area contributed by atoms with Crippen molar-refractivity contribution in [3.63, 3.8) is 0 Å². The molecule has 0 bridgehead atoms. The molecule has 5 heteroatoms. The highest BCUT2D eigenvalue weighted by Gasteiger charge is 2.38. The summed E-state index contributed by atoms with van der Waals surface area (Å²) in [6, 6.07) is 23.3. The molecule has 0 radical (unpaired) electrons. The minimum absolute atomic E-state index is 0.0121. The van der Waals surface area contributed by atoms with E-state index in [9.17, 15) is 4.79 Å². The second-order valence-electron chi connectivity index (χ2n) is 9.92. The van der Waals surface area contributed by atoms with Gasteiger partial charge in [0.15, 0.2) is 0 Å². The average molecular weight is 499 g/mol. The topological polar surface area (TPSA) is 50.4 Å². The second-order valence-corrected chi connectivity index (χ2v) is 11.0. The molecule has 1 aliphatic heterocycles. The van der Waals surface area contributed by atoms with E-state index in [0.717, 1.165) is 48.2 Å². The predicted octanol–water partition coefficient (Wildman–Crippen LogP) is 7.65. The Labute approximate surface area is 217 Å². The molecule has 1 aromatic heterocycles. The molecule has 0 aliphatic carbocycles. The van der Waals surface area contributed by atoms with Gasteiger partial charge in [-0.05, 0) is 91.6 Å². The van der Waals surface area contributed by atoms with Crippen LogP contribution in [0.4, 0.5) is 11.4 Å². The number of hydrogen-bond acceptors (Lipinski definition) is 4. The van der Waals surface area contributed by atoms with Crippen LogP contribution in [0, 0.1) is 13.8 Å². The van der Waals surface area contributed by atoms with E-state index >= 15 is 0 Å². The Balaban J connectivity index is 1.48. The fraction of sp³-hybridized carbons (Fsp3) is 0.323. The van der Waals surface area contributed by atoms with Gasteiger partial charge in [-0.25, -0.2) is 0 Å². The van der Waals surface area contributed by atoms with Crippen LogP contribution in [0.25, 0.3) is 10.1 Å². The molecule has 0 spiro atoms. The molecule has 5 rings (SSSR count). The summed E-state index contributed by atoms with van der Waals surface area (Å²) in [4.78, 5) is 15.2. The summed E-state index contributed by atoms with van der Waals surface area (Å²) in [6.45, 7) is 7.64. The van der Waals surface area contributed by atoms with Crippen LogP contribution in [0.2, 0.25) is 0 Å². The van der Waals surface area contributed by atoms with E-state index in [1.807, 2.05) is 6.07 Å². The Morgan fingerprint density at radius 1 is 0.944 bits per heavy atom. The largest absolute Gasteiger partial charge is 0.381 e. The van der Waals surface area contributed by atoms with Gasteiger partial charge in [0.25, 0.3) is 5.91 Å². The fourth-order valence-electron chi connectivity index (χ4n) is 5.22. The van der Waals surface area contributed by atoms with Crippen molar-refractivity contribution in [3.8, 4) is 0 Å². The number of amides is 1. The predicted molar refractivity (Wildman–Crippen MR) is 151 cm³/mol. The molecular weight excluding hydrogens is 464 g/mol. The van der Waals surface area contributed by atoms with Crippen LogP contribution in [0.5, 0.6) is 0 Å². The number of ether oxygens (including phenoxy) is 1. The van der Waals surface area contributed by atoms with E-state index < -0.39 is 5.54 Å². The minimum Gasteiger partial charge on any atom is -0.381 e. The Morgan fingerprint density at radius 2 is 1.69 bits per heavy atom. The Hall–Kier alpha value is -3.15. The third kappa shape index (κ3) is 5.18. The van der Waals surface area contributed by atoms with Crippen LogP contribution in [-0.2, 0) is 16.7 Å². The number of hydrogen-bond donors (Lipinski definition) is 2. The minimum atomic E-state index is -0.417. The molecule has 1 saturated heterocycles. The maximum atomic E-state index is 13.9. The maximum absolute atomic E-state index is 13.9. The van der Waals surface area contributed by atoms with Crippen LogP contribution in [0.15, 0.2) is 66.7 Å². The summed E-state index contributed by atoms with van der Waals surface area (Å²) < 4.78 is 6.97. The van der Waals surface area contributed by atoms with E-state index in [1.54, 1.807) is 11.3 Å². The normalized spacial score (nSPS) is 15.1. The monoisotopic (exact) mass is 498 g/mol. The van der Waals surface area contributed by atoms with Gasteiger partial charge >= 0.3 is 0 Å². The summed E-state index contributed by atoms with van der Waals surface area (Å²) in [6.07, 6.45) is 3.40. The van der Waals surface area contributed by atoms with E-state index in [1.165, 1.54) is 26.1 Å². The van der Waals surface area contributed by atoms with E-state index in [4.69, 9.17) is 4.74 Å². The molecule has 0 unspecified atom stereocenters. The zero-order chi connectivity index (χ0) is 25.1. The highest BCUT2D eigenvalue weighted by atomic mass is 32.1. The quantitative estimate of drug-likeness (QED) is 0.275. The van der Waals surface area contributed by atoms with Gasteiger partial charge in [-0.2, -0.15) is 0 Å². The molecular formula is C31H34N2O2S. The van der Waals surface area contributed by atoms with E-state index in [2.05, 4.69) is 92.1 Å². The van der Waals surface area contributed by atoms with Crippen molar-refractivity contribution >= 4 is 38.7 Å². The first kappa shape index (κ1) is 24.5. The Bertz CT molecular complexity index is 1330. The number of aryl methyl sites for hydroxylation is 3. The standard InChI is InChI=1S/C31H34N2O2S/c1-4-7-23-10-11-25(32-26-17-21(2)16-22(3)18-26)20-27(23)30(34)33-31(12-14-35-15-13-31)29-19-24-8-5-6-9-28(24)36-29/h5-6,8-11,16-20,32H,4,7,12-15H2,1-3H3,(H,33,34). The van der Waals surface area contributed by atoms with Crippen molar-refractivity contribution in [2.45, 2.75) is 52.0 Å². The van der Waals surface area contributed by atoms with Crippen LogP contribution < -0.4 is 10.6 Å². The van der Waals surface area contributed by atoms with Gasteiger partial charge in [-0.15, -0.1) is 11.3 Å². The lowest BCUT2D eigenvalue weighted by atomic mass is 9.87. The smallest absolute Gasteiger partial charge is 0.252 e. The lowest BCUT2D eigenvalue weighted by Gasteiger charge is -2.37. The molecule has 3 aromatic carbocycles. The van der Waals surface area contributed by atoms with E-state index in [-0.39, 0.29) is 5.91 Å². The van der Waals surface area contributed by atoms with Crippen molar-refractivity contribution in [3.05, 3.63) is 93.9 Å². The van der Waals surface area contributed by atoms with E-state index in [0.29, 0.717) is 13.2 Å². The molecule has 1 aliphatic rings. The van der Waals surface area contributed by atoms with Gasteiger partial charge in [-0.3, -0.25) is 4.79 Å². The van der Waals surface area contributed by atoms with Crippen LogP contribution in [0.1, 0.15) is 58.1 Å². The average Bonchev–Trinajstić information content (AvgIpc) is 3.30. The van der Waals surface area contributed by atoms with Crippen molar-refractivity contribution in [1.29, 1.82) is 0 Å². The van der Waals surface area contributed by atoms with Crippen molar-refractivity contribution in [2.24, 2.45) is 0 Å². The molecule has 36 heavy (non-hydrogen) atoms. The SMILES string of the molecule is CCCc1ccc(Nc2cc(C)cc(C)c2)cc1C(=O)NC1(c2cc3ccccc3s2)CCOCC1. The van der Waals surface area contributed by atoms with Gasteiger partial charge in [0.1, 0.15) is 0 Å². The van der Waals surface area contributed by atoms with Crippen molar-refractivity contribution in [2.75, 3.05) is 18.5 Å². The first-order valence-corrected chi connectivity index (χ1v) is 13.6. The Kier molecular flexibility index (Phi) is 7.13. The number of rotatable bonds is 7. The molecule has 186 valence electrons. The number of benzene rings is 3.